The highest BCUT2D eigenvalue weighted by Crippen LogP contribution is 2.19. The van der Waals surface area contributed by atoms with E-state index in [-0.39, 0.29) is 12.0 Å². The van der Waals surface area contributed by atoms with Crippen LogP contribution in [0.1, 0.15) is 29.8 Å². The van der Waals surface area contributed by atoms with E-state index in [0.717, 1.165) is 10.0 Å². The van der Waals surface area contributed by atoms with Gasteiger partial charge in [-0.2, -0.15) is 0 Å². The molecule has 0 fully saturated rings. The fourth-order valence-electron chi connectivity index (χ4n) is 1.53. The molecule has 1 aromatic rings. The summed E-state index contributed by atoms with van der Waals surface area (Å²) in [6.07, 6.45) is 0.194. The van der Waals surface area contributed by atoms with Gasteiger partial charge in [-0.3, -0.25) is 4.79 Å². The van der Waals surface area contributed by atoms with Gasteiger partial charge in [0.25, 0.3) is 5.91 Å². The molecule has 0 saturated carbocycles. The van der Waals surface area contributed by atoms with Gasteiger partial charge in [-0.05, 0) is 54.4 Å². The monoisotopic (exact) mass is 313 g/mol. The first-order valence-electron chi connectivity index (χ1n) is 6.05. The number of nitrogens with zero attached hydrogens (tertiary/aromatic N) is 1. The Bertz CT molecular complexity index is 418. The van der Waals surface area contributed by atoms with Gasteiger partial charge < -0.3 is 9.64 Å². The number of halogens is 1. The molecule has 3 nitrogen and oxygen atoms in total. The van der Waals surface area contributed by atoms with Crippen molar-refractivity contribution >= 4 is 21.8 Å². The zero-order chi connectivity index (χ0) is 13.7. The maximum Gasteiger partial charge on any atom is 0.254 e. The van der Waals surface area contributed by atoms with E-state index in [9.17, 15) is 4.79 Å². The maximum absolute atomic E-state index is 12.2. The summed E-state index contributed by atoms with van der Waals surface area (Å²) in [5.74, 6) is 0.00855. The molecule has 0 aromatic heterocycles. The molecule has 0 aliphatic rings. The van der Waals surface area contributed by atoms with Gasteiger partial charge >= 0.3 is 0 Å². The first-order valence-corrected chi connectivity index (χ1v) is 6.84. The number of carbonyl (C=O) groups is 1. The predicted molar refractivity (Wildman–Crippen MR) is 76.9 cm³/mol. The van der Waals surface area contributed by atoms with E-state index < -0.39 is 0 Å². The average molecular weight is 314 g/mol. The van der Waals surface area contributed by atoms with Crippen molar-refractivity contribution in [1.29, 1.82) is 0 Å². The van der Waals surface area contributed by atoms with Crippen LogP contribution in [0.2, 0.25) is 0 Å². The van der Waals surface area contributed by atoms with Gasteiger partial charge in [0.1, 0.15) is 0 Å². The fourth-order valence-corrected chi connectivity index (χ4v) is 2.19. The Hall–Kier alpha value is -0.870. The molecule has 0 atom stereocenters. The first-order chi connectivity index (χ1) is 8.41. The molecule has 0 N–H and O–H groups in total. The van der Waals surface area contributed by atoms with Crippen LogP contribution in [0, 0.1) is 6.92 Å². The molecule has 0 heterocycles. The average Bonchev–Trinajstić information content (AvgIpc) is 2.27. The van der Waals surface area contributed by atoms with Crippen LogP contribution in [0.15, 0.2) is 22.7 Å². The molecular formula is C14H20BrNO2. The second-order valence-corrected chi connectivity index (χ2v) is 5.48. The van der Waals surface area contributed by atoms with Gasteiger partial charge in [-0.1, -0.05) is 6.07 Å². The normalized spacial score (nSPS) is 10.8. The molecule has 1 rings (SSSR count). The quantitative estimate of drug-likeness (QED) is 0.835. The van der Waals surface area contributed by atoms with Crippen LogP contribution in [0.3, 0.4) is 0 Å². The van der Waals surface area contributed by atoms with E-state index in [2.05, 4.69) is 15.9 Å². The summed E-state index contributed by atoms with van der Waals surface area (Å²) < 4.78 is 6.28. The number of carbonyl (C=O) groups excluding carboxylic acids is 1. The van der Waals surface area contributed by atoms with Crippen molar-refractivity contribution in [3.8, 4) is 0 Å². The second-order valence-electron chi connectivity index (χ2n) is 4.63. The molecule has 1 amide bonds. The van der Waals surface area contributed by atoms with Gasteiger partial charge in [0.2, 0.25) is 0 Å². The van der Waals surface area contributed by atoms with Gasteiger partial charge in [0.05, 0.1) is 18.3 Å². The first kappa shape index (κ1) is 15.2. The van der Waals surface area contributed by atoms with Gasteiger partial charge in [-0.25, -0.2) is 0 Å². The van der Waals surface area contributed by atoms with E-state index in [1.807, 2.05) is 39.0 Å². The zero-order valence-electron chi connectivity index (χ0n) is 11.4. The van der Waals surface area contributed by atoms with Gasteiger partial charge in [0.15, 0.2) is 0 Å². The predicted octanol–water partition coefficient (Wildman–Crippen LogP) is 3.25. The topological polar surface area (TPSA) is 29.5 Å². The van der Waals surface area contributed by atoms with Crippen molar-refractivity contribution in [3.05, 3.63) is 33.8 Å². The minimum absolute atomic E-state index is 0.00855. The molecule has 1 aromatic carbocycles. The molecule has 100 valence electrons. The lowest BCUT2D eigenvalue weighted by molar-refractivity contribution is 0.0531. The van der Waals surface area contributed by atoms with Crippen LogP contribution in [0.25, 0.3) is 0 Å². The van der Waals surface area contributed by atoms with Gasteiger partial charge in [-0.15, -0.1) is 0 Å². The third-order valence-corrected chi connectivity index (χ3v) is 3.24. The van der Waals surface area contributed by atoms with Crippen LogP contribution in [0.4, 0.5) is 0 Å². The lowest BCUT2D eigenvalue weighted by Crippen LogP contribution is -2.31. The van der Waals surface area contributed by atoms with Crippen LogP contribution in [-0.4, -0.2) is 37.1 Å². The number of likely N-dealkylation sites (N-methyl/N-ethyl adjacent to an activating group) is 1. The fraction of sp³-hybridized carbons (Fsp3) is 0.500. The third-order valence-electron chi connectivity index (χ3n) is 2.58. The third kappa shape index (κ3) is 4.42. The van der Waals surface area contributed by atoms with Crippen molar-refractivity contribution in [1.82, 2.24) is 4.90 Å². The van der Waals surface area contributed by atoms with Crippen LogP contribution < -0.4 is 0 Å². The lowest BCUT2D eigenvalue weighted by Gasteiger charge is -2.19. The van der Waals surface area contributed by atoms with Crippen LogP contribution >= 0.6 is 15.9 Å². The van der Waals surface area contributed by atoms with Crippen LogP contribution in [0.5, 0.6) is 0 Å². The Kier molecular flexibility index (Phi) is 5.82. The van der Waals surface area contributed by atoms with Crippen LogP contribution in [-0.2, 0) is 4.74 Å². The van der Waals surface area contributed by atoms with Crippen molar-refractivity contribution < 1.29 is 9.53 Å². The number of hydrogen-bond donors (Lipinski definition) is 0. The van der Waals surface area contributed by atoms with Crippen molar-refractivity contribution in [2.45, 2.75) is 26.9 Å². The maximum atomic E-state index is 12.2. The van der Waals surface area contributed by atoms with Gasteiger partial charge in [0, 0.05) is 18.1 Å². The Morgan fingerprint density at radius 2 is 2.11 bits per heavy atom. The Balaban J connectivity index is 2.63. The number of amides is 1. The minimum Gasteiger partial charge on any atom is -0.377 e. The summed E-state index contributed by atoms with van der Waals surface area (Å²) in [7, 11) is 1.79. The van der Waals surface area contributed by atoms with Crippen molar-refractivity contribution in [2.75, 3.05) is 20.2 Å². The van der Waals surface area contributed by atoms with E-state index in [1.54, 1.807) is 11.9 Å². The Morgan fingerprint density at radius 1 is 1.44 bits per heavy atom. The summed E-state index contributed by atoms with van der Waals surface area (Å²) >= 11 is 3.43. The van der Waals surface area contributed by atoms with E-state index in [4.69, 9.17) is 4.74 Å². The van der Waals surface area contributed by atoms with E-state index >= 15 is 0 Å². The van der Waals surface area contributed by atoms with E-state index in [0.29, 0.717) is 18.7 Å². The molecule has 0 spiro atoms. The molecule has 0 saturated heterocycles. The second kappa shape index (κ2) is 6.90. The summed E-state index contributed by atoms with van der Waals surface area (Å²) in [6, 6.07) is 5.74. The zero-order valence-corrected chi connectivity index (χ0v) is 13.0. The molecule has 18 heavy (non-hydrogen) atoms. The lowest BCUT2D eigenvalue weighted by atomic mass is 10.1. The molecule has 0 unspecified atom stereocenters. The number of aryl methyl sites for hydroxylation is 1. The molecule has 0 aliphatic heterocycles. The van der Waals surface area contributed by atoms with Crippen molar-refractivity contribution in [3.63, 3.8) is 0 Å². The Morgan fingerprint density at radius 3 is 2.67 bits per heavy atom. The smallest absolute Gasteiger partial charge is 0.254 e. The highest BCUT2D eigenvalue weighted by Gasteiger charge is 2.14. The van der Waals surface area contributed by atoms with E-state index in [1.165, 1.54) is 0 Å². The molecule has 0 aliphatic carbocycles. The number of benzene rings is 1. The SMILES string of the molecule is Cc1ccc(C(=O)N(C)CCOC(C)C)c(Br)c1. The van der Waals surface area contributed by atoms with Crippen molar-refractivity contribution in [2.24, 2.45) is 0 Å². The molecule has 0 bridgehead atoms. The molecular weight excluding hydrogens is 294 g/mol. The highest BCUT2D eigenvalue weighted by molar-refractivity contribution is 9.10. The summed E-state index contributed by atoms with van der Waals surface area (Å²) in [5.41, 5.74) is 1.82. The highest BCUT2D eigenvalue weighted by atomic mass is 79.9. The summed E-state index contributed by atoms with van der Waals surface area (Å²) in [6.45, 7) is 7.12. The summed E-state index contributed by atoms with van der Waals surface area (Å²) in [4.78, 5) is 13.9. The summed E-state index contributed by atoms with van der Waals surface area (Å²) in [5, 5.41) is 0. The minimum atomic E-state index is 0.00855. The molecule has 0 radical (unpaired) electrons. The largest absolute Gasteiger partial charge is 0.377 e. The molecule has 4 heteroatoms. The number of hydrogen-bond acceptors (Lipinski definition) is 2. The Labute approximate surface area is 117 Å². The number of ether oxygens (including phenoxy) is 1. The standard InChI is InChI=1S/C14H20BrNO2/c1-10(2)18-8-7-16(4)14(17)12-6-5-11(3)9-13(12)15/h5-6,9-10H,7-8H2,1-4H3. The number of rotatable bonds is 5.